The van der Waals surface area contributed by atoms with Crippen molar-refractivity contribution in [2.45, 2.75) is 69.4 Å². The summed E-state index contributed by atoms with van der Waals surface area (Å²) in [6, 6.07) is 7.92. The second-order valence-corrected chi connectivity index (χ2v) is 13.2. The monoisotopic (exact) mass is 749 g/mol. The van der Waals surface area contributed by atoms with Crippen LogP contribution in [0.25, 0.3) is 0 Å². The molecule has 3 aromatic carbocycles. The first-order valence-electron chi connectivity index (χ1n) is 15.3. The van der Waals surface area contributed by atoms with Crippen molar-refractivity contribution < 1.29 is 49.0 Å². The SMILES string of the molecule is COc1cccc2c1C(=O)c1c(O)c3c(c(O)c1C2=O)C[C@@](O)(/C(C)=N/NC(=O)c1ccc(Cl)c(Cl)c1)C[C@@H]3O[C@H]1C[C@H](N)[C@H](O)[C@H](C)O1.Cl. The van der Waals surface area contributed by atoms with Gasteiger partial charge in [-0.3, -0.25) is 14.4 Å². The van der Waals surface area contributed by atoms with Gasteiger partial charge in [0.1, 0.15) is 22.8 Å². The van der Waals surface area contributed by atoms with E-state index in [0.29, 0.717) is 0 Å². The predicted molar refractivity (Wildman–Crippen MR) is 184 cm³/mol. The van der Waals surface area contributed by atoms with Gasteiger partial charge in [-0.1, -0.05) is 35.3 Å². The molecule has 3 aliphatic rings. The smallest absolute Gasteiger partial charge is 0.271 e. The normalized spacial score (nSPS) is 25.9. The minimum absolute atomic E-state index is 0. The number of halogens is 3. The summed E-state index contributed by atoms with van der Waals surface area (Å²) in [5, 5.41) is 50.4. The molecule has 1 aliphatic heterocycles. The number of carbonyl (C=O) groups is 3. The summed E-state index contributed by atoms with van der Waals surface area (Å²) < 4.78 is 17.5. The van der Waals surface area contributed by atoms with E-state index in [4.69, 9.17) is 43.1 Å². The number of nitrogens with zero attached hydrogens (tertiary/aromatic N) is 1. The molecule has 0 radical (unpaired) electrons. The van der Waals surface area contributed by atoms with Crippen LogP contribution in [0.2, 0.25) is 10.0 Å². The Labute approximate surface area is 302 Å². The second-order valence-electron chi connectivity index (χ2n) is 12.3. The molecule has 0 bridgehead atoms. The van der Waals surface area contributed by atoms with Crippen LogP contribution in [0.5, 0.6) is 17.2 Å². The van der Waals surface area contributed by atoms with E-state index in [9.17, 15) is 34.8 Å². The molecule has 0 saturated carbocycles. The van der Waals surface area contributed by atoms with Gasteiger partial charge in [0.2, 0.25) is 5.78 Å². The van der Waals surface area contributed by atoms with Gasteiger partial charge >= 0.3 is 0 Å². The molecule has 2 aliphatic carbocycles. The molecule has 0 aromatic heterocycles. The maximum atomic E-state index is 13.9. The zero-order valence-electron chi connectivity index (χ0n) is 26.9. The number of hydrogen-bond donors (Lipinski definition) is 6. The molecule has 13 nitrogen and oxygen atoms in total. The van der Waals surface area contributed by atoms with Gasteiger partial charge in [-0.15, -0.1) is 12.4 Å². The number of hydrogen-bond acceptors (Lipinski definition) is 12. The Morgan fingerprint density at radius 2 is 1.78 bits per heavy atom. The first-order chi connectivity index (χ1) is 23.2. The van der Waals surface area contributed by atoms with E-state index in [1.807, 2.05) is 0 Å². The van der Waals surface area contributed by atoms with Crippen LogP contribution in [-0.2, 0) is 15.9 Å². The van der Waals surface area contributed by atoms with Gasteiger partial charge in [0, 0.05) is 47.6 Å². The lowest BCUT2D eigenvalue weighted by Crippen LogP contribution is -2.52. The van der Waals surface area contributed by atoms with Crippen LogP contribution in [0.3, 0.4) is 0 Å². The summed E-state index contributed by atoms with van der Waals surface area (Å²) >= 11 is 12.0. The van der Waals surface area contributed by atoms with E-state index in [1.165, 1.54) is 50.4 Å². The molecule has 1 heterocycles. The highest BCUT2D eigenvalue weighted by molar-refractivity contribution is 6.42. The van der Waals surface area contributed by atoms with E-state index in [2.05, 4.69) is 10.5 Å². The maximum absolute atomic E-state index is 13.9. The van der Waals surface area contributed by atoms with Crippen LogP contribution in [0.1, 0.15) is 86.1 Å². The van der Waals surface area contributed by atoms with Gasteiger partial charge < -0.3 is 40.4 Å². The number of fused-ring (bicyclic) bond motifs is 3. The molecule has 6 atom stereocenters. The zero-order chi connectivity index (χ0) is 35.5. The number of nitrogens with one attached hydrogen (secondary N) is 1. The van der Waals surface area contributed by atoms with E-state index in [0.717, 1.165) is 0 Å². The van der Waals surface area contributed by atoms with Crippen LogP contribution < -0.4 is 15.9 Å². The van der Waals surface area contributed by atoms with E-state index in [1.54, 1.807) is 6.92 Å². The molecule has 7 N–H and O–H groups in total. The van der Waals surface area contributed by atoms with Crippen molar-refractivity contribution >= 4 is 58.8 Å². The van der Waals surface area contributed by atoms with Crippen molar-refractivity contribution in [1.29, 1.82) is 0 Å². The third-order valence-corrected chi connectivity index (χ3v) is 10.1. The topological polar surface area (TPSA) is 210 Å². The number of ketones is 2. The van der Waals surface area contributed by atoms with Gasteiger partial charge in [0.25, 0.3) is 5.91 Å². The van der Waals surface area contributed by atoms with Gasteiger partial charge in [-0.25, -0.2) is 5.43 Å². The number of phenols is 2. The largest absolute Gasteiger partial charge is 0.507 e. The van der Waals surface area contributed by atoms with Crippen molar-refractivity contribution in [2.75, 3.05) is 7.11 Å². The number of aliphatic hydroxyl groups excluding tert-OH is 1. The van der Waals surface area contributed by atoms with Crippen LogP contribution in [-0.4, -0.2) is 80.9 Å². The number of carbonyl (C=O) groups excluding carboxylic acids is 3. The van der Waals surface area contributed by atoms with Crippen LogP contribution >= 0.6 is 35.6 Å². The standard InChI is InChI=1S/C34H33Cl2N3O10.ClH/c1-13-28(40)20(37)10-23(48-13)49-22-12-34(46,14(2)38-39-33(45)15-7-8-18(35)19(36)9-15)11-17-25(22)32(44)27-26(30(17)42)29(41)16-5-4-6-21(47-3)24(16)31(27)43;/h4-9,13,20,22-23,28,40,42,44,46H,10-12,37H2,1-3H3,(H,39,45);1H/b38-14+;/t13-,20-,22-,23-,28+,34-;/m0./s1. The molecular formula is C34H34Cl3N3O10. The van der Waals surface area contributed by atoms with Crippen molar-refractivity contribution in [3.8, 4) is 17.2 Å². The number of aliphatic hydroxyl groups is 2. The van der Waals surface area contributed by atoms with Crippen LogP contribution in [0.15, 0.2) is 41.5 Å². The van der Waals surface area contributed by atoms with Crippen molar-refractivity contribution in [1.82, 2.24) is 5.43 Å². The Kier molecular flexibility index (Phi) is 10.6. The summed E-state index contributed by atoms with van der Waals surface area (Å²) in [5.41, 5.74) is 5.55. The van der Waals surface area contributed by atoms with Crippen molar-refractivity contribution in [3.63, 3.8) is 0 Å². The van der Waals surface area contributed by atoms with Gasteiger partial charge in [-0.2, -0.15) is 5.10 Å². The molecule has 3 aromatic rings. The maximum Gasteiger partial charge on any atom is 0.271 e. The van der Waals surface area contributed by atoms with Gasteiger partial charge in [0.05, 0.1) is 57.9 Å². The molecule has 1 amide bonds. The lowest BCUT2D eigenvalue weighted by Gasteiger charge is -2.42. The Bertz CT molecular complexity index is 1930. The number of hydrazone groups is 1. The highest BCUT2D eigenvalue weighted by Gasteiger charge is 2.49. The summed E-state index contributed by atoms with van der Waals surface area (Å²) in [4.78, 5) is 40.6. The summed E-state index contributed by atoms with van der Waals surface area (Å²) in [6.45, 7) is 3.04. The first kappa shape index (κ1) is 37.5. The summed E-state index contributed by atoms with van der Waals surface area (Å²) in [7, 11) is 1.33. The lowest BCUT2D eigenvalue weighted by atomic mass is 9.71. The molecule has 1 fully saturated rings. The highest BCUT2D eigenvalue weighted by atomic mass is 35.5. The van der Waals surface area contributed by atoms with Crippen molar-refractivity contribution in [3.05, 3.63) is 85.4 Å². The van der Waals surface area contributed by atoms with Crippen LogP contribution in [0, 0.1) is 0 Å². The number of benzene rings is 3. The second kappa shape index (κ2) is 14.1. The molecule has 0 unspecified atom stereocenters. The highest BCUT2D eigenvalue weighted by Crippen LogP contribution is 2.52. The fraction of sp³-hybridized carbons (Fsp3) is 0.353. The van der Waals surface area contributed by atoms with E-state index < -0.39 is 82.8 Å². The number of amides is 1. The van der Waals surface area contributed by atoms with E-state index >= 15 is 0 Å². The minimum atomic E-state index is -1.94. The number of nitrogens with two attached hydrogens (primary N) is 1. The predicted octanol–water partition coefficient (Wildman–Crippen LogP) is 3.97. The molecule has 50 heavy (non-hydrogen) atoms. The number of rotatable bonds is 6. The number of aromatic hydroxyl groups is 2. The first-order valence-corrected chi connectivity index (χ1v) is 16.1. The van der Waals surface area contributed by atoms with Gasteiger partial charge in [-0.05, 0) is 38.1 Å². The average molecular weight is 751 g/mol. The quantitative estimate of drug-likeness (QED) is 0.0943. The Morgan fingerprint density at radius 1 is 1.08 bits per heavy atom. The average Bonchev–Trinajstić information content (AvgIpc) is 3.06. The van der Waals surface area contributed by atoms with Gasteiger partial charge in [0.15, 0.2) is 12.1 Å². The fourth-order valence-electron chi connectivity index (χ4n) is 6.61. The third-order valence-electron chi connectivity index (χ3n) is 9.32. The minimum Gasteiger partial charge on any atom is -0.507 e. The lowest BCUT2D eigenvalue weighted by molar-refractivity contribution is -0.245. The summed E-state index contributed by atoms with van der Waals surface area (Å²) in [6.07, 6.45) is -4.71. The Morgan fingerprint density at radius 3 is 2.44 bits per heavy atom. The Balaban J connectivity index is 0.00000486. The molecule has 1 saturated heterocycles. The van der Waals surface area contributed by atoms with E-state index in [-0.39, 0.29) is 74.6 Å². The Hall–Kier alpha value is -3.79. The van der Waals surface area contributed by atoms with Crippen molar-refractivity contribution in [2.24, 2.45) is 10.8 Å². The molecule has 266 valence electrons. The molecule has 16 heteroatoms. The third kappa shape index (κ3) is 6.33. The molecular weight excluding hydrogens is 717 g/mol. The molecule has 6 rings (SSSR count). The number of methoxy groups -OCH3 is 1. The number of ether oxygens (including phenoxy) is 3. The summed E-state index contributed by atoms with van der Waals surface area (Å²) in [5.74, 6) is -3.32. The fourth-order valence-corrected chi connectivity index (χ4v) is 6.90. The molecule has 0 spiro atoms. The number of phenolic OH excluding ortho intramolecular Hbond substituents is 2. The zero-order valence-corrected chi connectivity index (χ0v) is 29.2. The van der Waals surface area contributed by atoms with Crippen LogP contribution in [0.4, 0.5) is 0 Å².